The third-order valence-electron chi connectivity index (χ3n) is 2.01. The second-order valence-corrected chi connectivity index (χ2v) is 7.70. The zero-order valence-corrected chi connectivity index (χ0v) is 11.9. The highest BCUT2D eigenvalue weighted by Gasteiger charge is 2.18. The van der Waals surface area contributed by atoms with E-state index in [1.54, 1.807) is 6.07 Å². The molecule has 0 aliphatic rings. The molecule has 0 radical (unpaired) electrons. The minimum absolute atomic E-state index is 0.0712. The number of rotatable bonds is 3. The van der Waals surface area contributed by atoms with E-state index in [-0.39, 0.29) is 15.6 Å². The number of phenols is 1. The van der Waals surface area contributed by atoms with E-state index < -0.39 is 15.8 Å². The number of hydrogen-bond donors (Lipinski definition) is 2. The summed E-state index contributed by atoms with van der Waals surface area (Å²) < 4.78 is 40.1. The molecule has 0 fully saturated rings. The first kappa shape index (κ1) is 13.3. The van der Waals surface area contributed by atoms with E-state index in [1.807, 2.05) is 0 Å². The Bertz CT molecular complexity index is 684. The van der Waals surface area contributed by atoms with Crippen LogP contribution in [-0.4, -0.2) is 13.5 Å². The van der Waals surface area contributed by atoms with Crippen molar-refractivity contribution in [3.05, 3.63) is 39.9 Å². The van der Waals surface area contributed by atoms with Gasteiger partial charge in [0.25, 0.3) is 10.0 Å². The predicted octanol–water partition coefficient (Wildman–Crippen LogP) is 3.16. The van der Waals surface area contributed by atoms with Crippen molar-refractivity contribution in [3.63, 3.8) is 0 Å². The van der Waals surface area contributed by atoms with Gasteiger partial charge in [-0.05, 0) is 40.2 Å². The molecule has 0 atom stereocenters. The Morgan fingerprint density at radius 1 is 1.28 bits per heavy atom. The predicted molar refractivity (Wildman–Crippen MR) is 70.9 cm³/mol. The third-order valence-corrected chi connectivity index (χ3v) is 5.49. The van der Waals surface area contributed by atoms with Gasteiger partial charge >= 0.3 is 0 Å². The molecule has 0 saturated carbocycles. The monoisotopic (exact) mass is 351 g/mol. The van der Waals surface area contributed by atoms with Gasteiger partial charge in [-0.2, -0.15) is 0 Å². The van der Waals surface area contributed by atoms with Crippen LogP contribution in [0, 0.1) is 5.82 Å². The normalized spacial score (nSPS) is 11.4. The minimum Gasteiger partial charge on any atom is -0.508 e. The molecule has 1 aromatic carbocycles. The Morgan fingerprint density at radius 3 is 2.56 bits per heavy atom. The first-order valence-corrected chi connectivity index (χ1v) is 7.74. The number of benzene rings is 1. The summed E-state index contributed by atoms with van der Waals surface area (Å²) in [6.45, 7) is 0. The highest BCUT2D eigenvalue weighted by atomic mass is 79.9. The second-order valence-electron chi connectivity index (χ2n) is 3.33. The zero-order chi connectivity index (χ0) is 13.3. The number of anilines is 1. The van der Waals surface area contributed by atoms with Gasteiger partial charge in [0.2, 0.25) is 0 Å². The Morgan fingerprint density at radius 2 is 2.00 bits per heavy atom. The topological polar surface area (TPSA) is 66.4 Å². The molecule has 8 heteroatoms. The van der Waals surface area contributed by atoms with Crippen LogP contribution in [-0.2, 0) is 10.0 Å². The van der Waals surface area contributed by atoms with Crippen molar-refractivity contribution >= 4 is 43.0 Å². The first-order valence-electron chi connectivity index (χ1n) is 4.65. The van der Waals surface area contributed by atoms with Crippen LogP contribution in [0.15, 0.2) is 38.3 Å². The van der Waals surface area contributed by atoms with E-state index in [9.17, 15) is 12.8 Å². The summed E-state index contributed by atoms with van der Waals surface area (Å²) in [5, 5.41) is 9.03. The number of thiophene rings is 1. The number of halogens is 2. The largest absolute Gasteiger partial charge is 0.508 e. The summed E-state index contributed by atoms with van der Waals surface area (Å²) in [6.07, 6.45) is 0. The molecule has 2 rings (SSSR count). The molecule has 0 unspecified atom stereocenters. The van der Waals surface area contributed by atoms with Crippen molar-refractivity contribution in [3.8, 4) is 5.75 Å². The van der Waals surface area contributed by atoms with E-state index >= 15 is 0 Å². The van der Waals surface area contributed by atoms with E-state index in [0.717, 1.165) is 23.5 Å². The molecule has 2 N–H and O–H groups in total. The molecule has 1 heterocycles. The molecular weight excluding hydrogens is 345 g/mol. The van der Waals surface area contributed by atoms with Gasteiger partial charge in [0.15, 0.2) is 5.82 Å². The van der Waals surface area contributed by atoms with Gasteiger partial charge in [0.05, 0.1) is 9.47 Å². The highest BCUT2D eigenvalue weighted by Crippen LogP contribution is 2.28. The van der Waals surface area contributed by atoms with Crippen molar-refractivity contribution < 1.29 is 17.9 Å². The molecule has 4 nitrogen and oxygen atoms in total. The number of phenolic OH excluding ortho intramolecular Hbond substituents is 1. The molecule has 0 saturated heterocycles. The average Bonchev–Trinajstić information content (AvgIpc) is 2.70. The third kappa shape index (κ3) is 2.82. The second kappa shape index (κ2) is 4.87. The summed E-state index contributed by atoms with van der Waals surface area (Å²) in [4.78, 5) is 0. The Labute approximate surface area is 115 Å². The fraction of sp³-hybridized carbons (Fsp3) is 0. The molecule has 18 heavy (non-hydrogen) atoms. The van der Waals surface area contributed by atoms with Gasteiger partial charge in [-0.1, -0.05) is 0 Å². The van der Waals surface area contributed by atoms with E-state index in [2.05, 4.69) is 20.7 Å². The maximum absolute atomic E-state index is 13.4. The molecule has 0 bridgehead atoms. The zero-order valence-electron chi connectivity index (χ0n) is 8.72. The van der Waals surface area contributed by atoms with E-state index in [1.165, 1.54) is 12.1 Å². The fourth-order valence-corrected chi connectivity index (χ4v) is 4.30. The standard InChI is InChI=1S/C10H7BrFNO3S2/c11-9-3-4-10(17-9)18(15,16)13-8-2-1-6(14)5-7(8)12/h1-5,13-14H. The van der Waals surface area contributed by atoms with Crippen molar-refractivity contribution in [1.29, 1.82) is 0 Å². The highest BCUT2D eigenvalue weighted by molar-refractivity contribution is 9.11. The molecule has 0 aliphatic heterocycles. The van der Waals surface area contributed by atoms with Crippen molar-refractivity contribution in [2.24, 2.45) is 0 Å². The smallest absolute Gasteiger partial charge is 0.271 e. The quantitative estimate of drug-likeness (QED) is 0.834. The maximum Gasteiger partial charge on any atom is 0.271 e. The Balaban J connectivity index is 2.33. The van der Waals surface area contributed by atoms with Crippen LogP contribution in [0.4, 0.5) is 10.1 Å². The number of sulfonamides is 1. The molecule has 96 valence electrons. The average molecular weight is 352 g/mol. The van der Waals surface area contributed by atoms with Gasteiger partial charge in [-0.15, -0.1) is 11.3 Å². The summed E-state index contributed by atoms with van der Waals surface area (Å²) in [5.74, 6) is -1.11. The number of hydrogen-bond acceptors (Lipinski definition) is 4. The van der Waals surface area contributed by atoms with Crippen LogP contribution >= 0.6 is 27.3 Å². The minimum atomic E-state index is -3.81. The summed E-state index contributed by atoms with van der Waals surface area (Å²) in [7, 11) is -3.81. The van der Waals surface area contributed by atoms with Gasteiger partial charge in [0.1, 0.15) is 9.96 Å². The van der Waals surface area contributed by atoms with Crippen LogP contribution in [0.1, 0.15) is 0 Å². The molecular formula is C10H7BrFNO3S2. The SMILES string of the molecule is O=S(=O)(Nc1ccc(O)cc1F)c1ccc(Br)s1. The lowest BCUT2D eigenvalue weighted by Crippen LogP contribution is -2.12. The van der Waals surface area contributed by atoms with Crippen molar-refractivity contribution in [1.82, 2.24) is 0 Å². The van der Waals surface area contributed by atoms with Crippen LogP contribution < -0.4 is 4.72 Å². The summed E-state index contributed by atoms with van der Waals surface area (Å²) in [5.41, 5.74) is -0.211. The van der Waals surface area contributed by atoms with E-state index in [4.69, 9.17) is 5.11 Å². The van der Waals surface area contributed by atoms with E-state index in [0.29, 0.717) is 3.79 Å². The first-order chi connectivity index (χ1) is 8.38. The summed E-state index contributed by atoms with van der Waals surface area (Å²) in [6, 6.07) is 6.19. The fourth-order valence-electron chi connectivity index (χ4n) is 1.22. The number of aromatic hydroxyl groups is 1. The van der Waals surface area contributed by atoms with Crippen LogP contribution in [0.5, 0.6) is 5.75 Å². The number of nitrogens with one attached hydrogen (secondary N) is 1. The lowest BCUT2D eigenvalue weighted by molar-refractivity contribution is 0.469. The molecule has 2 aromatic rings. The Hall–Kier alpha value is -1.12. The van der Waals surface area contributed by atoms with Gasteiger partial charge in [-0.3, -0.25) is 4.72 Å². The molecule has 0 aliphatic carbocycles. The van der Waals surface area contributed by atoms with Crippen LogP contribution in [0.2, 0.25) is 0 Å². The van der Waals surface area contributed by atoms with Crippen LogP contribution in [0.25, 0.3) is 0 Å². The van der Waals surface area contributed by atoms with Gasteiger partial charge < -0.3 is 5.11 Å². The Kier molecular flexibility index (Phi) is 3.60. The lowest BCUT2D eigenvalue weighted by atomic mass is 10.3. The van der Waals surface area contributed by atoms with Crippen molar-refractivity contribution in [2.75, 3.05) is 4.72 Å². The van der Waals surface area contributed by atoms with Crippen molar-refractivity contribution in [2.45, 2.75) is 4.21 Å². The maximum atomic E-state index is 13.4. The lowest BCUT2D eigenvalue weighted by Gasteiger charge is -2.07. The molecule has 0 amide bonds. The summed E-state index contributed by atoms with van der Waals surface area (Å²) >= 11 is 4.17. The molecule has 1 aromatic heterocycles. The van der Waals surface area contributed by atoms with Gasteiger partial charge in [-0.25, -0.2) is 12.8 Å². The van der Waals surface area contributed by atoms with Gasteiger partial charge in [0, 0.05) is 6.07 Å². The van der Waals surface area contributed by atoms with Crippen LogP contribution in [0.3, 0.4) is 0 Å². The molecule has 0 spiro atoms.